The zero-order valence-electron chi connectivity index (χ0n) is 23.7. The Morgan fingerprint density at radius 1 is 1.07 bits per heavy atom. The average Bonchev–Trinajstić information content (AvgIpc) is 3.90. The number of halogens is 1. The SMILES string of the molecule is CCOC(=O)[C@H]1CC1c1ccc(-c2nc3c(C4CC4)cc(C(=O)N4CCc5ccccc5[C@H]4C)cc3n2C)c(F)c1. The number of imidazole rings is 1. The molecule has 2 heterocycles. The Balaban J connectivity index is 1.23. The second-order valence-electron chi connectivity index (χ2n) is 11.8. The van der Waals surface area contributed by atoms with Gasteiger partial charge in [0.05, 0.1) is 35.2 Å². The molecule has 2 fully saturated rings. The Bertz CT molecular complexity index is 1710. The number of hydrogen-bond acceptors (Lipinski definition) is 4. The molecule has 41 heavy (non-hydrogen) atoms. The predicted octanol–water partition coefficient (Wildman–Crippen LogP) is 6.68. The maximum atomic E-state index is 15.6. The standard InChI is InChI=1S/C34H34FN3O3/c1-4-41-34(40)28-18-26(28)22-11-12-25(29(35)16-22)32-36-31-27(21-9-10-21)15-23(17-30(31)37(32)3)33(39)38-14-13-20-7-5-6-8-24(20)19(38)2/h5-8,11-12,15-17,19,21,26,28H,4,9-10,13-14,18H2,1-3H3/t19-,26?,28+/m1/s1. The number of fused-ring (bicyclic) bond motifs is 2. The fourth-order valence-electron chi connectivity index (χ4n) is 6.62. The fourth-order valence-corrected chi connectivity index (χ4v) is 6.62. The number of esters is 1. The third-order valence-electron chi connectivity index (χ3n) is 9.18. The molecule has 6 nitrogen and oxygen atoms in total. The highest BCUT2D eigenvalue weighted by Gasteiger charge is 2.45. The van der Waals surface area contributed by atoms with E-state index in [1.165, 1.54) is 17.2 Å². The van der Waals surface area contributed by atoms with Gasteiger partial charge in [-0.3, -0.25) is 9.59 Å². The van der Waals surface area contributed by atoms with Crippen LogP contribution in [0.2, 0.25) is 0 Å². The first-order valence-corrected chi connectivity index (χ1v) is 14.7. The molecule has 3 aromatic carbocycles. The molecule has 4 aromatic rings. The summed E-state index contributed by atoms with van der Waals surface area (Å²) in [5.74, 6) is 0.165. The van der Waals surface area contributed by atoms with Crippen LogP contribution >= 0.6 is 0 Å². The van der Waals surface area contributed by atoms with Crippen molar-refractivity contribution in [1.82, 2.24) is 14.5 Å². The molecular weight excluding hydrogens is 517 g/mol. The molecule has 1 amide bonds. The van der Waals surface area contributed by atoms with Gasteiger partial charge in [-0.1, -0.05) is 30.3 Å². The zero-order chi connectivity index (χ0) is 28.4. The van der Waals surface area contributed by atoms with Crippen molar-refractivity contribution in [2.24, 2.45) is 13.0 Å². The van der Waals surface area contributed by atoms with Gasteiger partial charge in [0.15, 0.2) is 0 Å². The number of benzene rings is 3. The molecule has 0 N–H and O–H groups in total. The number of ether oxygens (including phenoxy) is 1. The van der Waals surface area contributed by atoms with Crippen LogP contribution in [0.3, 0.4) is 0 Å². The molecule has 1 aliphatic heterocycles. The maximum absolute atomic E-state index is 15.6. The van der Waals surface area contributed by atoms with E-state index in [9.17, 15) is 9.59 Å². The van der Waals surface area contributed by atoms with Gasteiger partial charge in [0.2, 0.25) is 0 Å². The van der Waals surface area contributed by atoms with Crippen LogP contribution in [0.15, 0.2) is 54.6 Å². The topological polar surface area (TPSA) is 64.4 Å². The number of rotatable bonds is 6. The second kappa shape index (κ2) is 9.82. The molecule has 0 radical (unpaired) electrons. The molecule has 0 spiro atoms. The van der Waals surface area contributed by atoms with Crippen molar-refractivity contribution in [2.45, 2.75) is 57.4 Å². The number of aryl methyl sites for hydroxylation is 1. The number of hydrogen-bond donors (Lipinski definition) is 0. The largest absolute Gasteiger partial charge is 0.466 e. The lowest BCUT2D eigenvalue weighted by atomic mass is 9.92. The fraction of sp³-hybridized carbons (Fsp3) is 0.382. The van der Waals surface area contributed by atoms with Crippen molar-refractivity contribution in [1.29, 1.82) is 0 Å². The molecule has 1 unspecified atom stereocenters. The smallest absolute Gasteiger partial charge is 0.309 e. The summed E-state index contributed by atoms with van der Waals surface area (Å²) >= 11 is 0. The van der Waals surface area contributed by atoms with Crippen LogP contribution in [0.4, 0.5) is 4.39 Å². The van der Waals surface area contributed by atoms with Crippen LogP contribution in [0.5, 0.6) is 0 Å². The van der Waals surface area contributed by atoms with E-state index in [0.717, 1.165) is 41.4 Å². The molecule has 2 saturated carbocycles. The van der Waals surface area contributed by atoms with E-state index in [-0.39, 0.29) is 35.6 Å². The summed E-state index contributed by atoms with van der Waals surface area (Å²) in [7, 11) is 1.89. The van der Waals surface area contributed by atoms with Crippen LogP contribution in [0, 0.1) is 11.7 Å². The molecule has 7 rings (SSSR count). The van der Waals surface area contributed by atoms with E-state index in [4.69, 9.17) is 9.72 Å². The van der Waals surface area contributed by atoms with Gasteiger partial charge < -0.3 is 14.2 Å². The average molecular weight is 552 g/mol. The summed E-state index contributed by atoms with van der Waals surface area (Å²) < 4.78 is 22.6. The molecule has 0 saturated heterocycles. The van der Waals surface area contributed by atoms with Crippen molar-refractivity contribution in [3.05, 3.63) is 88.2 Å². The molecule has 3 atom stereocenters. The third kappa shape index (κ3) is 4.42. The lowest BCUT2D eigenvalue weighted by molar-refractivity contribution is -0.144. The van der Waals surface area contributed by atoms with Crippen molar-refractivity contribution in [2.75, 3.05) is 13.2 Å². The molecule has 210 valence electrons. The van der Waals surface area contributed by atoms with Crippen molar-refractivity contribution >= 4 is 22.9 Å². The first kappa shape index (κ1) is 25.9. The van der Waals surface area contributed by atoms with Gasteiger partial charge in [-0.05, 0) is 97.9 Å². The minimum absolute atomic E-state index is 0.00257. The van der Waals surface area contributed by atoms with Crippen LogP contribution in [-0.2, 0) is 23.0 Å². The monoisotopic (exact) mass is 551 g/mol. The lowest BCUT2D eigenvalue weighted by Gasteiger charge is -2.35. The van der Waals surface area contributed by atoms with E-state index in [0.29, 0.717) is 42.4 Å². The highest BCUT2D eigenvalue weighted by atomic mass is 19.1. The Hall–Kier alpha value is -4.00. The maximum Gasteiger partial charge on any atom is 0.309 e. The normalized spacial score (nSPS) is 21.6. The van der Waals surface area contributed by atoms with Crippen LogP contribution < -0.4 is 0 Å². The predicted molar refractivity (Wildman–Crippen MR) is 155 cm³/mol. The van der Waals surface area contributed by atoms with Gasteiger partial charge in [-0.2, -0.15) is 0 Å². The van der Waals surface area contributed by atoms with E-state index < -0.39 is 0 Å². The number of carbonyl (C=O) groups is 2. The molecule has 1 aromatic heterocycles. The number of aromatic nitrogens is 2. The quantitative estimate of drug-likeness (QED) is 0.251. The molecule has 7 heteroatoms. The summed E-state index contributed by atoms with van der Waals surface area (Å²) in [6.45, 7) is 4.92. The Morgan fingerprint density at radius 3 is 2.63 bits per heavy atom. The summed E-state index contributed by atoms with van der Waals surface area (Å²) in [6, 6.07) is 17.5. The number of amides is 1. The van der Waals surface area contributed by atoms with Gasteiger partial charge in [-0.25, -0.2) is 9.37 Å². The first-order chi connectivity index (χ1) is 19.9. The Labute approximate surface area is 239 Å². The number of nitrogens with zero attached hydrogens (tertiary/aromatic N) is 3. The minimum Gasteiger partial charge on any atom is -0.466 e. The molecule has 0 bridgehead atoms. The van der Waals surface area contributed by atoms with Crippen molar-refractivity contribution in [3.63, 3.8) is 0 Å². The summed E-state index contributed by atoms with van der Waals surface area (Å²) in [5, 5.41) is 0. The van der Waals surface area contributed by atoms with Gasteiger partial charge in [-0.15, -0.1) is 0 Å². The van der Waals surface area contributed by atoms with Gasteiger partial charge >= 0.3 is 5.97 Å². The Kier molecular flexibility index (Phi) is 6.21. The van der Waals surface area contributed by atoms with E-state index in [1.807, 2.05) is 40.8 Å². The van der Waals surface area contributed by atoms with Crippen LogP contribution in [0.25, 0.3) is 22.4 Å². The van der Waals surface area contributed by atoms with Crippen molar-refractivity contribution < 1.29 is 18.7 Å². The van der Waals surface area contributed by atoms with Crippen LogP contribution in [0.1, 0.15) is 83.6 Å². The highest BCUT2D eigenvalue weighted by Crippen LogP contribution is 2.49. The van der Waals surface area contributed by atoms with E-state index in [2.05, 4.69) is 25.1 Å². The lowest BCUT2D eigenvalue weighted by Crippen LogP contribution is -2.38. The minimum atomic E-state index is -0.361. The zero-order valence-corrected chi connectivity index (χ0v) is 23.7. The number of carbonyl (C=O) groups excluding carboxylic acids is 2. The summed E-state index contributed by atoms with van der Waals surface area (Å²) in [4.78, 5) is 32.9. The van der Waals surface area contributed by atoms with Crippen LogP contribution in [-0.4, -0.2) is 39.5 Å². The van der Waals surface area contributed by atoms with Gasteiger partial charge in [0.1, 0.15) is 11.6 Å². The van der Waals surface area contributed by atoms with Gasteiger partial charge in [0, 0.05) is 19.2 Å². The highest BCUT2D eigenvalue weighted by molar-refractivity contribution is 5.99. The molecular formula is C34H34FN3O3. The molecule has 3 aliphatic rings. The second-order valence-corrected chi connectivity index (χ2v) is 11.8. The van der Waals surface area contributed by atoms with Crippen molar-refractivity contribution in [3.8, 4) is 11.4 Å². The third-order valence-corrected chi connectivity index (χ3v) is 9.18. The van der Waals surface area contributed by atoms with E-state index in [1.54, 1.807) is 13.0 Å². The molecule has 2 aliphatic carbocycles. The van der Waals surface area contributed by atoms with E-state index >= 15 is 4.39 Å². The summed E-state index contributed by atoms with van der Waals surface area (Å²) in [5.41, 5.74) is 7.15. The Morgan fingerprint density at radius 2 is 1.88 bits per heavy atom. The summed E-state index contributed by atoms with van der Waals surface area (Å²) in [6.07, 6.45) is 3.67. The first-order valence-electron chi connectivity index (χ1n) is 14.7. The van der Waals surface area contributed by atoms with Gasteiger partial charge in [0.25, 0.3) is 5.91 Å².